The smallest absolute Gasteiger partial charge is 0.225 e. The normalized spacial score (nSPS) is 14.5. The van der Waals surface area contributed by atoms with Crippen molar-refractivity contribution in [3.05, 3.63) is 82.9 Å². The van der Waals surface area contributed by atoms with Crippen molar-refractivity contribution in [3.8, 4) is 17.1 Å². The molecule has 33 heavy (non-hydrogen) atoms. The third kappa shape index (κ3) is 4.58. The zero-order valence-electron chi connectivity index (χ0n) is 18.9. The predicted molar refractivity (Wildman–Crippen MR) is 133 cm³/mol. The number of benzene rings is 2. The van der Waals surface area contributed by atoms with Crippen LogP contribution >= 0.6 is 12.2 Å². The van der Waals surface area contributed by atoms with Gasteiger partial charge in [0.05, 0.1) is 6.67 Å². The van der Waals surface area contributed by atoms with E-state index in [0.717, 1.165) is 49.2 Å². The van der Waals surface area contributed by atoms with Gasteiger partial charge in [-0.3, -0.25) is 9.47 Å². The van der Waals surface area contributed by atoms with Crippen LogP contribution in [0.1, 0.15) is 11.1 Å². The first-order valence-electron chi connectivity index (χ1n) is 11.2. The molecular weight excluding hydrogens is 430 g/mol. The molecule has 3 heterocycles. The fourth-order valence-electron chi connectivity index (χ4n) is 4.05. The highest BCUT2D eigenvalue weighted by Gasteiger charge is 2.21. The molecule has 8 heteroatoms. The quantitative estimate of drug-likeness (QED) is 0.418. The summed E-state index contributed by atoms with van der Waals surface area (Å²) in [5.74, 6) is 1.65. The topological polar surface area (TPSA) is 55.0 Å². The fraction of sp³-hybridized carbons (Fsp3) is 0.280. The van der Waals surface area contributed by atoms with Crippen molar-refractivity contribution in [2.45, 2.75) is 20.5 Å². The molecule has 1 fully saturated rings. The Hall–Kier alpha value is -3.36. The Morgan fingerprint density at radius 3 is 2.06 bits per heavy atom. The Bertz CT molecular complexity index is 1270. The molecule has 1 aliphatic rings. The Balaban J connectivity index is 1.42. The summed E-state index contributed by atoms with van der Waals surface area (Å²) in [7, 11) is 0. The van der Waals surface area contributed by atoms with Gasteiger partial charge in [-0.05, 0) is 44.3 Å². The molecular formula is C25H27N7S. The maximum atomic E-state index is 5.93. The second-order valence-electron chi connectivity index (χ2n) is 8.44. The maximum Gasteiger partial charge on any atom is 0.225 e. The van der Waals surface area contributed by atoms with Crippen molar-refractivity contribution in [2.24, 2.45) is 0 Å². The number of nitrogens with zero attached hydrogens (tertiary/aromatic N) is 7. The van der Waals surface area contributed by atoms with Gasteiger partial charge in [-0.15, -0.1) is 5.10 Å². The van der Waals surface area contributed by atoms with Crippen molar-refractivity contribution in [1.82, 2.24) is 29.2 Å². The van der Waals surface area contributed by atoms with Gasteiger partial charge in [0.2, 0.25) is 10.7 Å². The zero-order valence-corrected chi connectivity index (χ0v) is 19.7. The van der Waals surface area contributed by atoms with Crippen LogP contribution in [0.3, 0.4) is 0 Å². The largest absolute Gasteiger partial charge is 0.338 e. The van der Waals surface area contributed by atoms with Gasteiger partial charge in [0, 0.05) is 49.8 Å². The van der Waals surface area contributed by atoms with Crippen LogP contribution in [0.15, 0.2) is 67.0 Å². The van der Waals surface area contributed by atoms with E-state index in [1.54, 1.807) is 12.4 Å². The van der Waals surface area contributed by atoms with E-state index in [1.165, 1.54) is 11.1 Å². The average molecular weight is 458 g/mol. The van der Waals surface area contributed by atoms with Gasteiger partial charge in [0.25, 0.3) is 0 Å². The van der Waals surface area contributed by atoms with Gasteiger partial charge in [-0.25, -0.2) is 14.6 Å². The van der Waals surface area contributed by atoms with Crippen LogP contribution in [-0.2, 0) is 6.67 Å². The third-order valence-corrected chi connectivity index (χ3v) is 6.38. The summed E-state index contributed by atoms with van der Waals surface area (Å²) in [6, 6.07) is 18.7. The van der Waals surface area contributed by atoms with Crippen LogP contribution in [0, 0.1) is 18.6 Å². The highest BCUT2D eigenvalue weighted by Crippen LogP contribution is 2.24. The summed E-state index contributed by atoms with van der Waals surface area (Å²) in [5.41, 5.74) is 4.52. The molecule has 2 aromatic carbocycles. The van der Waals surface area contributed by atoms with E-state index >= 15 is 0 Å². The summed E-state index contributed by atoms with van der Waals surface area (Å²) >= 11 is 5.93. The van der Waals surface area contributed by atoms with Gasteiger partial charge < -0.3 is 4.90 Å². The van der Waals surface area contributed by atoms with Crippen LogP contribution in [0.4, 0.5) is 5.95 Å². The first-order valence-corrected chi connectivity index (χ1v) is 11.6. The highest BCUT2D eigenvalue weighted by molar-refractivity contribution is 7.71. The molecule has 4 aromatic rings. The summed E-state index contributed by atoms with van der Waals surface area (Å²) in [6.07, 6.45) is 3.58. The zero-order chi connectivity index (χ0) is 22.8. The number of anilines is 1. The number of hydrogen-bond acceptors (Lipinski definition) is 6. The first kappa shape index (κ1) is 21.5. The van der Waals surface area contributed by atoms with E-state index in [2.05, 4.69) is 86.7 Å². The van der Waals surface area contributed by atoms with Crippen molar-refractivity contribution in [1.29, 1.82) is 0 Å². The van der Waals surface area contributed by atoms with Gasteiger partial charge >= 0.3 is 0 Å². The summed E-state index contributed by atoms with van der Waals surface area (Å²) in [6.45, 7) is 8.39. The van der Waals surface area contributed by atoms with Crippen LogP contribution in [0.25, 0.3) is 17.1 Å². The predicted octanol–water partition coefficient (Wildman–Crippen LogP) is 4.26. The van der Waals surface area contributed by atoms with E-state index < -0.39 is 0 Å². The Kier molecular flexibility index (Phi) is 6.02. The molecule has 0 atom stereocenters. The number of aromatic nitrogens is 5. The molecule has 1 saturated heterocycles. The molecule has 5 rings (SSSR count). The number of hydrogen-bond donors (Lipinski definition) is 0. The fourth-order valence-corrected chi connectivity index (χ4v) is 4.34. The Morgan fingerprint density at radius 2 is 1.42 bits per heavy atom. The van der Waals surface area contributed by atoms with E-state index in [4.69, 9.17) is 17.3 Å². The Labute approximate surface area is 199 Å². The van der Waals surface area contributed by atoms with Crippen molar-refractivity contribution in [2.75, 3.05) is 31.1 Å². The van der Waals surface area contributed by atoms with Crippen LogP contribution in [0.5, 0.6) is 0 Å². The number of aryl methyl sites for hydroxylation is 2. The SMILES string of the molecule is Cc1ccc(-c2nn(CN3CCN(c4ncccn4)CC3)c(=S)n2-c2ccc(C)cc2)cc1. The monoisotopic (exact) mass is 457 g/mol. The number of piperazine rings is 1. The second kappa shape index (κ2) is 9.25. The van der Waals surface area contributed by atoms with Gasteiger partial charge in [-0.2, -0.15) is 0 Å². The van der Waals surface area contributed by atoms with Crippen molar-refractivity contribution < 1.29 is 0 Å². The van der Waals surface area contributed by atoms with Crippen molar-refractivity contribution >= 4 is 18.2 Å². The molecule has 0 radical (unpaired) electrons. The van der Waals surface area contributed by atoms with Crippen molar-refractivity contribution in [3.63, 3.8) is 0 Å². The molecule has 1 aliphatic heterocycles. The lowest BCUT2D eigenvalue weighted by molar-refractivity contribution is 0.193. The lowest BCUT2D eigenvalue weighted by Crippen LogP contribution is -2.47. The molecule has 2 aromatic heterocycles. The van der Waals surface area contributed by atoms with Gasteiger partial charge in [-0.1, -0.05) is 47.5 Å². The molecule has 0 amide bonds. The molecule has 0 bridgehead atoms. The Morgan fingerprint density at radius 1 is 0.818 bits per heavy atom. The summed E-state index contributed by atoms with van der Waals surface area (Å²) in [4.78, 5) is 13.4. The maximum absolute atomic E-state index is 5.93. The molecule has 7 nitrogen and oxygen atoms in total. The lowest BCUT2D eigenvalue weighted by Gasteiger charge is -2.34. The minimum atomic E-state index is 0.653. The molecule has 0 N–H and O–H groups in total. The van der Waals surface area contributed by atoms with Crippen LogP contribution < -0.4 is 4.90 Å². The molecule has 168 valence electrons. The first-order chi connectivity index (χ1) is 16.1. The van der Waals surface area contributed by atoms with E-state index in [-0.39, 0.29) is 0 Å². The van der Waals surface area contributed by atoms with E-state index in [1.807, 2.05) is 10.7 Å². The van der Waals surface area contributed by atoms with E-state index in [9.17, 15) is 0 Å². The molecule has 0 spiro atoms. The van der Waals surface area contributed by atoms with Gasteiger partial charge in [0.15, 0.2) is 5.82 Å². The third-order valence-electron chi connectivity index (χ3n) is 5.98. The average Bonchev–Trinajstić information content (AvgIpc) is 3.17. The summed E-state index contributed by atoms with van der Waals surface area (Å²) in [5, 5.41) is 4.98. The molecule has 0 aliphatic carbocycles. The van der Waals surface area contributed by atoms with Crippen LogP contribution in [0.2, 0.25) is 0 Å². The molecule has 0 unspecified atom stereocenters. The minimum absolute atomic E-state index is 0.653. The number of rotatable bonds is 5. The van der Waals surface area contributed by atoms with Gasteiger partial charge in [0.1, 0.15) is 0 Å². The highest BCUT2D eigenvalue weighted by atomic mass is 32.1. The van der Waals surface area contributed by atoms with Crippen LogP contribution in [-0.4, -0.2) is 55.4 Å². The second-order valence-corrected chi connectivity index (χ2v) is 8.80. The molecule has 0 saturated carbocycles. The van der Waals surface area contributed by atoms with E-state index in [0.29, 0.717) is 11.4 Å². The lowest BCUT2D eigenvalue weighted by atomic mass is 10.1. The minimum Gasteiger partial charge on any atom is -0.338 e. The summed E-state index contributed by atoms with van der Waals surface area (Å²) < 4.78 is 4.72. The standard InChI is InChI=1S/C25H27N7S/c1-19-4-8-21(9-5-19)23-28-31(25(33)32(23)22-10-6-20(2)7-11-22)18-29-14-16-30(17-15-29)24-26-12-3-13-27-24/h3-13H,14-18H2,1-2H3.